The molecule has 6 nitrogen and oxygen atoms in total. The second kappa shape index (κ2) is 6.12. The number of nitrogens with one attached hydrogen (secondary N) is 1. The topological polar surface area (TPSA) is 73.9 Å². The first-order chi connectivity index (χ1) is 12.2. The van der Waals surface area contributed by atoms with E-state index in [9.17, 15) is 9.59 Å². The molecule has 0 unspecified atom stereocenters. The number of carbonyl (C=O) groups excluding carboxylic acids is 2. The van der Waals surface area contributed by atoms with Gasteiger partial charge < -0.3 is 19.5 Å². The van der Waals surface area contributed by atoms with Gasteiger partial charge in [0.1, 0.15) is 0 Å². The zero-order chi connectivity index (χ0) is 17.3. The third-order valence-corrected chi connectivity index (χ3v) is 4.46. The summed E-state index contributed by atoms with van der Waals surface area (Å²) in [6, 6.07) is 14.6. The third-order valence-electron chi connectivity index (χ3n) is 4.46. The molecule has 1 aliphatic heterocycles. The maximum Gasteiger partial charge on any atom is 0.317 e. The Morgan fingerprint density at radius 1 is 1.04 bits per heavy atom. The molecule has 6 heteroatoms. The average Bonchev–Trinajstić information content (AvgIpc) is 3.32. The molecule has 0 bridgehead atoms. The monoisotopic (exact) mass is 339 g/mol. The molecule has 128 valence electrons. The Balaban J connectivity index is 1.34. The number of anilines is 1. The van der Waals surface area contributed by atoms with Crippen molar-refractivity contribution in [3.05, 3.63) is 54.1 Å². The quantitative estimate of drug-likeness (QED) is 0.848. The zero-order valence-corrected chi connectivity index (χ0v) is 13.5. The molecule has 2 aromatic carbocycles. The molecule has 25 heavy (non-hydrogen) atoms. The lowest BCUT2D eigenvalue weighted by atomic mass is 9.96. The molecule has 0 spiro atoms. The van der Waals surface area contributed by atoms with Crippen molar-refractivity contribution in [3.63, 3.8) is 0 Å². The van der Waals surface area contributed by atoms with Gasteiger partial charge in [-0.1, -0.05) is 30.3 Å². The summed E-state index contributed by atoms with van der Waals surface area (Å²) in [5.41, 5.74) is 0.922. The minimum Gasteiger partial charge on any atom is -0.455 e. The summed E-state index contributed by atoms with van der Waals surface area (Å²) >= 11 is 0. The molecular formula is C19H17NO5. The fourth-order valence-corrected chi connectivity index (χ4v) is 2.93. The molecule has 1 N–H and O–H groups in total. The van der Waals surface area contributed by atoms with Gasteiger partial charge >= 0.3 is 5.97 Å². The summed E-state index contributed by atoms with van der Waals surface area (Å²) in [5, 5.41) is 2.69. The highest BCUT2D eigenvalue weighted by atomic mass is 16.7. The number of fused-ring (bicyclic) bond motifs is 1. The van der Waals surface area contributed by atoms with Gasteiger partial charge in [-0.2, -0.15) is 0 Å². The lowest BCUT2D eigenvalue weighted by Crippen LogP contribution is -2.28. The van der Waals surface area contributed by atoms with E-state index in [2.05, 4.69) is 5.32 Å². The second-order valence-corrected chi connectivity index (χ2v) is 6.14. The molecule has 1 fully saturated rings. The van der Waals surface area contributed by atoms with Gasteiger partial charge in [-0.25, -0.2) is 0 Å². The third kappa shape index (κ3) is 3.03. The van der Waals surface area contributed by atoms with Gasteiger partial charge in [0, 0.05) is 11.8 Å². The summed E-state index contributed by atoms with van der Waals surface area (Å²) in [5.74, 6) is 0.481. The Labute approximate surface area is 144 Å². The Kier molecular flexibility index (Phi) is 3.80. The lowest BCUT2D eigenvalue weighted by molar-refractivity contribution is -0.150. The number of ether oxygens (including phenoxy) is 3. The van der Waals surface area contributed by atoms with Crippen LogP contribution in [0.1, 0.15) is 18.4 Å². The summed E-state index contributed by atoms with van der Waals surface area (Å²) in [7, 11) is 0. The van der Waals surface area contributed by atoms with Crippen LogP contribution in [0.2, 0.25) is 0 Å². The van der Waals surface area contributed by atoms with E-state index in [4.69, 9.17) is 14.2 Å². The molecule has 0 saturated heterocycles. The highest BCUT2D eigenvalue weighted by molar-refractivity contribution is 5.94. The maximum atomic E-state index is 12.4. The molecule has 1 saturated carbocycles. The number of benzene rings is 2. The van der Waals surface area contributed by atoms with Crippen LogP contribution in [0.15, 0.2) is 48.5 Å². The second-order valence-electron chi connectivity index (χ2n) is 6.14. The normalized spacial score (nSPS) is 16.2. The maximum absolute atomic E-state index is 12.4. The van der Waals surface area contributed by atoms with Gasteiger partial charge in [0.25, 0.3) is 5.91 Å². The number of hydrogen-bond acceptors (Lipinski definition) is 5. The Hall–Kier alpha value is -3.02. The van der Waals surface area contributed by atoms with Gasteiger partial charge in [0.05, 0.1) is 5.41 Å². The molecule has 1 heterocycles. The summed E-state index contributed by atoms with van der Waals surface area (Å²) in [4.78, 5) is 24.4. The number of carbonyl (C=O) groups is 2. The van der Waals surface area contributed by atoms with Crippen molar-refractivity contribution in [2.45, 2.75) is 18.3 Å². The number of hydrogen-bond donors (Lipinski definition) is 1. The molecule has 4 rings (SSSR count). The molecule has 0 aromatic heterocycles. The van der Waals surface area contributed by atoms with Crippen LogP contribution in [0.25, 0.3) is 0 Å². The predicted molar refractivity (Wildman–Crippen MR) is 89.5 cm³/mol. The number of esters is 1. The lowest BCUT2D eigenvalue weighted by Gasteiger charge is -2.14. The van der Waals surface area contributed by atoms with E-state index >= 15 is 0 Å². The Morgan fingerprint density at radius 2 is 1.80 bits per heavy atom. The Morgan fingerprint density at radius 3 is 2.56 bits per heavy atom. The molecule has 2 aliphatic rings. The van der Waals surface area contributed by atoms with Gasteiger partial charge in [0.15, 0.2) is 18.1 Å². The van der Waals surface area contributed by atoms with E-state index in [1.54, 1.807) is 18.2 Å². The molecule has 0 radical (unpaired) electrons. The average molecular weight is 339 g/mol. The van der Waals surface area contributed by atoms with Gasteiger partial charge in [-0.15, -0.1) is 0 Å². The largest absolute Gasteiger partial charge is 0.455 e. The van der Waals surface area contributed by atoms with Crippen LogP contribution in [0, 0.1) is 0 Å². The van der Waals surface area contributed by atoms with E-state index in [-0.39, 0.29) is 19.4 Å². The van der Waals surface area contributed by atoms with E-state index in [0.29, 0.717) is 17.2 Å². The van der Waals surface area contributed by atoms with Crippen LogP contribution in [-0.2, 0) is 19.7 Å². The standard InChI is InChI=1S/C19H17NO5/c21-17(20-14-6-7-15-16(10-14)25-12-24-15)11-23-18(22)19(8-9-19)13-4-2-1-3-5-13/h1-7,10H,8-9,11-12H2,(H,20,21). The summed E-state index contributed by atoms with van der Waals surface area (Å²) in [6.45, 7) is -0.145. The van der Waals surface area contributed by atoms with Crippen molar-refractivity contribution in [2.24, 2.45) is 0 Å². The fraction of sp³-hybridized carbons (Fsp3) is 0.263. The van der Waals surface area contributed by atoms with E-state index in [1.165, 1.54) is 0 Å². The summed E-state index contributed by atoms with van der Waals surface area (Å²) in [6.07, 6.45) is 1.50. The fourth-order valence-electron chi connectivity index (χ4n) is 2.93. The summed E-state index contributed by atoms with van der Waals surface area (Å²) < 4.78 is 15.7. The van der Waals surface area contributed by atoms with Crippen LogP contribution in [-0.4, -0.2) is 25.3 Å². The Bertz CT molecular complexity index is 814. The SMILES string of the molecule is O=C(COC(=O)C1(c2ccccc2)CC1)Nc1ccc2c(c1)OCO2. The van der Waals surface area contributed by atoms with Gasteiger partial charge in [-0.05, 0) is 30.5 Å². The predicted octanol–water partition coefficient (Wildman–Crippen LogP) is 2.63. The van der Waals surface area contributed by atoms with E-state index < -0.39 is 11.3 Å². The van der Waals surface area contributed by atoms with Crippen LogP contribution in [0.5, 0.6) is 11.5 Å². The number of amides is 1. The van der Waals surface area contributed by atoms with Crippen LogP contribution < -0.4 is 14.8 Å². The van der Waals surface area contributed by atoms with Crippen LogP contribution >= 0.6 is 0 Å². The van der Waals surface area contributed by atoms with Crippen LogP contribution in [0.3, 0.4) is 0 Å². The molecular weight excluding hydrogens is 322 g/mol. The molecule has 0 atom stereocenters. The molecule has 2 aromatic rings. The van der Waals surface area contributed by atoms with Crippen molar-refractivity contribution in [1.29, 1.82) is 0 Å². The highest BCUT2D eigenvalue weighted by Crippen LogP contribution is 2.49. The first-order valence-corrected chi connectivity index (χ1v) is 8.10. The van der Waals surface area contributed by atoms with Gasteiger partial charge in [0.2, 0.25) is 6.79 Å². The van der Waals surface area contributed by atoms with Crippen molar-refractivity contribution in [1.82, 2.24) is 0 Å². The van der Waals surface area contributed by atoms with E-state index in [0.717, 1.165) is 18.4 Å². The van der Waals surface area contributed by atoms with Crippen molar-refractivity contribution < 1.29 is 23.8 Å². The minimum atomic E-state index is -0.583. The van der Waals surface area contributed by atoms with Gasteiger partial charge in [-0.3, -0.25) is 9.59 Å². The molecule has 1 aliphatic carbocycles. The number of rotatable bonds is 5. The smallest absolute Gasteiger partial charge is 0.317 e. The van der Waals surface area contributed by atoms with Crippen LogP contribution in [0.4, 0.5) is 5.69 Å². The highest BCUT2D eigenvalue weighted by Gasteiger charge is 2.52. The zero-order valence-electron chi connectivity index (χ0n) is 13.5. The van der Waals surface area contributed by atoms with Crippen molar-refractivity contribution in [3.8, 4) is 11.5 Å². The van der Waals surface area contributed by atoms with Crippen molar-refractivity contribution >= 4 is 17.6 Å². The van der Waals surface area contributed by atoms with E-state index in [1.807, 2.05) is 30.3 Å². The van der Waals surface area contributed by atoms with Crippen molar-refractivity contribution in [2.75, 3.05) is 18.7 Å². The minimum absolute atomic E-state index is 0.173. The molecule has 1 amide bonds. The first kappa shape index (κ1) is 15.5. The first-order valence-electron chi connectivity index (χ1n) is 8.10.